The molecule has 1 saturated heterocycles. The van der Waals surface area contributed by atoms with Gasteiger partial charge >= 0.3 is 5.97 Å². The Kier molecular flexibility index (Phi) is 4.98. The van der Waals surface area contributed by atoms with Crippen LogP contribution in [0.1, 0.15) is 19.3 Å². The van der Waals surface area contributed by atoms with Crippen molar-refractivity contribution in [2.75, 3.05) is 20.1 Å². The van der Waals surface area contributed by atoms with Gasteiger partial charge in [-0.05, 0) is 26.4 Å². The summed E-state index contributed by atoms with van der Waals surface area (Å²) in [7, 11) is 2.04. The lowest BCUT2D eigenvalue weighted by molar-refractivity contribution is -0.131. The number of hydrogen-bond acceptors (Lipinski definition) is 3. The molecule has 1 atom stereocenters. The zero-order valence-electron chi connectivity index (χ0n) is 9.48. The maximum atomic E-state index is 11.2. The smallest absolute Gasteiger partial charge is 0.328 e. The Morgan fingerprint density at radius 1 is 1.44 bits per heavy atom. The van der Waals surface area contributed by atoms with Crippen LogP contribution in [0, 0.1) is 0 Å². The Labute approximate surface area is 95.1 Å². The van der Waals surface area contributed by atoms with Gasteiger partial charge in [-0.1, -0.05) is 6.42 Å². The number of amides is 1. The van der Waals surface area contributed by atoms with Gasteiger partial charge in [0.05, 0.1) is 0 Å². The van der Waals surface area contributed by atoms with Gasteiger partial charge in [0, 0.05) is 24.7 Å². The van der Waals surface area contributed by atoms with Crippen LogP contribution in [0.4, 0.5) is 0 Å². The summed E-state index contributed by atoms with van der Waals surface area (Å²) in [4.78, 5) is 23.6. The second kappa shape index (κ2) is 6.27. The average Bonchev–Trinajstić information content (AvgIpc) is 2.25. The first kappa shape index (κ1) is 12.7. The van der Waals surface area contributed by atoms with Crippen molar-refractivity contribution in [1.29, 1.82) is 0 Å². The van der Waals surface area contributed by atoms with Crippen molar-refractivity contribution in [2.45, 2.75) is 25.3 Å². The largest absolute Gasteiger partial charge is 0.478 e. The van der Waals surface area contributed by atoms with Crippen LogP contribution < -0.4 is 5.32 Å². The monoisotopic (exact) mass is 226 g/mol. The highest BCUT2D eigenvalue weighted by Crippen LogP contribution is 2.13. The number of likely N-dealkylation sites (N-methyl/N-ethyl adjacent to an activating group) is 1. The molecule has 90 valence electrons. The van der Waals surface area contributed by atoms with E-state index in [1.165, 1.54) is 12.8 Å². The minimum atomic E-state index is -1.11. The van der Waals surface area contributed by atoms with Crippen LogP contribution in [0.5, 0.6) is 0 Å². The molecule has 0 aromatic heterocycles. The zero-order chi connectivity index (χ0) is 12.0. The van der Waals surface area contributed by atoms with Gasteiger partial charge in [-0.2, -0.15) is 0 Å². The van der Waals surface area contributed by atoms with Crippen LogP contribution in [0.3, 0.4) is 0 Å². The van der Waals surface area contributed by atoms with Gasteiger partial charge in [-0.25, -0.2) is 4.79 Å². The lowest BCUT2D eigenvalue weighted by atomic mass is 10.0. The summed E-state index contributed by atoms with van der Waals surface area (Å²) in [6, 6.07) is 0.371. The third-order valence-corrected chi connectivity index (χ3v) is 2.81. The summed E-state index contributed by atoms with van der Waals surface area (Å²) < 4.78 is 0. The van der Waals surface area contributed by atoms with Crippen molar-refractivity contribution in [3.63, 3.8) is 0 Å². The van der Waals surface area contributed by atoms with Gasteiger partial charge in [0.2, 0.25) is 5.91 Å². The van der Waals surface area contributed by atoms with Crippen molar-refractivity contribution in [3.8, 4) is 0 Å². The van der Waals surface area contributed by atoms with E-state index >= 15 is 0 Å². The molecule has 1 rings (SSSR count). The Balaban J connectivity index is 2.27. The number of nitrogens with zero attached hydrogens (tertiary/aromatic N) is 1. The van der Waals surface area contributed by atoms with Crippen LogP contribution >= 0.6 is 0 Å². The first-order valence-electron chi connectivity index (χ1n) is 5.48. The van der Waals surface area contributed by atoms with E-state index in [-0.39, 0.29) is 5.91 Å². The van der Waals surface area contributed by atoms with Crippen molar-refractivity contribution < 1.29 is 14.7 Å². The van der Waals surface area contributed by atoms with Gasteiger partial charge in [0.1, 0.15) is 0 Å². The van der Waals surface area contributed by atoms with E-state index in [2.05, 4.69) is 10.2 Å². The van der Waals surface area contributed by atoms with E-state index in [1.54, 1.807) is 0 Å². The average molecular weight is 226 g/mol. The molecular weight excluding hydrogens is 208 g/mol. The molecule has 0 aliphatic carbocycles. The molecule has 0 aromatic carbocycles. The highest BCUT2D eigenvalue weighted by Gasteiger charge is 2.18. The highest BCUT2D eigenvalue weighted by molar-refractivity contribution is 5.93. The second-order valence-corrected chi connectivity index (χ2v) is 4.05. The predicted molar refractivity (Wildman–Crippen MR) is 60.1 cm³/mol. The SMILES string of the molecule is CN1CCCCC1CNC(=O)C=CC(=O)O. The van der Waals surface area contributed by atoms with E-state index in [0.29, 0.717) is 12.6 Å². The predicted octanol–water partition coefficient (Wildman–Crippen LogP) is 0.228. The lowest BCUT2D eigenvalue weighted by Crippen LogP contribution is -2.44. The number of carboxylic acid groups (broad SMARTS) is 1. The van der Waals surface area contributed by atoms with Crippen molar-refractivity contribution >= 4 is 11.9 Å². The van der Waals surface area contributed by atoms with Crippen molar-refractivity contribution in [3.05, 3.63) is 12.2 Å². The summed E-state index contributed by atoms with van der Waals surface area (Å²) in [5, 5.41) is 11.1. The quantitative estimate of drug-likeness (QED) is 0.673. The molecule has 0 spiro atoms. The van der Waals surface area contributed by atoms with E-state index in [9.17, 15) is 9.59 Å². The Hall–Kier alpha value is -1.36. The summed E-state index contributed by atoms with van der Waals surface area (Å²) in [6.07, 6.45) is 5.38. The lowest BCUT2D eigenvalue weighted by Gasteiger charge is -2.32. The van der Waals surface area contributed by atoms with Crippen LogP contribution in [0.25, 0.3) is 0 Å². The van der Waals surface area contributed by atoms with E-state index in [0.717, 1.165) is 25.1 Å². The molecule has 0 bridgehead atoms. The summed E-state index contributed by atoms with van der Waals surface area (Å²) in [5.74, 6) is -1.45. The third-order valence-electron chi connectivity index (χ3n) is 2.81. The zero-order valence-corrected chi connectivity index (χ0v) is 9.48. The molecular formula is C11H18N2O3. The molecule has 1 heterocycles. The molecule has 1 unspecified atom stereocenters. The maximum absolute atomic E-state index is 11.2. The summed E-state index contributed by atoms with van der Waals surface area (Å²) in [5.41, 5.74) is 0. The Morgan fingerprint density at radius 3 is 2.81 bits per heavy atom. The molecule has 5 heteroatoms. The highest BCUT2D eigenvalue weighted by atomic mass is 16.4. The fourth-order valence-corrected chi connectivity index (χ4v) is 1.83. The van der Waals surface area contributed by atoms with Crippen LogP contribution in [-0.4, -0.2) is 48.1 Å². The van der Waals surface area contributed by atoms with Crippen molar-refractivity contribution in [1.82, 2.24) is 10.2 Å². The normalized spacial score (nSPS) is 22.2. The molecule has 1 amide bonds. The minimum absolute atomic E-state index is 0.346. The molecule has 0 radical (unpaired) electrons. The Bertz CT molecular complexity index is 289. The molecule has 16 heavy (non-hydrogen) atoms. The van der Waals surface area contributed by atoms with Gasteiger partial charge in [0.15, 0.2) is 0 Å². The molecule has 2 N–H and O–H groups in total. The number of carbonyl (C=O) groups excluding carboxylic acids is 1. The molecule has 0 saturated carbocycles. The fraction of sp³-hybridized carbons (Fsp3) is 0.636. The van der Waals surface area contributed by atoms with Crippen molar-refractivity contribution in [2.24, 2.45) is 0 Å². The number of likely N-dealkylation sites (tertiary alicyclic amines) is 1. The van der Waals surface area contributed by atoms with E-state index in [4.69, 9.17) is 5.11 Å². The summed E-state index contributed by atoms with van der Waals surface area (Å²) >= 11 is 0. The van der Waals surface area contributed by atoms with Gasteiger partial charge in [-0.15, -0.1) is 0 Å². The number of nitrogens with one attached hydrogen (secondary N) is 1. The molecule has 0 aromatic rings. The first-order valence-corrected chi connectivity index (χ1v) is 5.48. The molecule has 1 fully saturated rings. The van der Waals surface area contributed by atoms with Gasteiger partial charge < -0.3 is 15.3 Å². The maximum Gasteiger partial charge on any atom is 0.328 e. The van der Waals surface area contributed by atoms with Gasteiger partial charge in [-0.3, -0.25) is 4.79 Å². The number of aliphatic carboxylic acids is 1. The fourth-order valence-electron chi connectivity index (χ4n) is 1.83. The Morgan fingerprint density at radius 2 is 2.19 bits per heavy atom. The molecule has 1 aliphatic heterocycles. The number of rotatable bonds is 4. The van der Waals surface area contributed by atoms with Gasteiger partial charge in [0.25, 0.3) is 0 Å². The topological polar surface area (TPSA) is 69.6 Å². The van der Waals surface area contributed by atoms with E-state index in [1.807, 2.05) is 7.05 Å². The minimum Gasteiger partial charge on any atom is -0.478 e. The number of piperidine rings is 1. The van der Waals surface area contributed by atoms with Crippen LogP contribution in [0.2, 0.25) is 0 Å². The molecule has 1 aliphatic rings. The third kappa shape index (κ3) is 4.44. The number of hydrogen-bond donors (Lipinski definition) is 2. The standard InChI is InChI=1S/C11H18N2O3/c1-13-7-3-2-4-9(13)8-12-10(14)5-6-11(15)16/h5-6,9H,2-4,7-8H2,1H3,(H,12,14)(H,15,16). The molecule has 5 nitrogen and oxygen atoms in total. The number of carbonyl (C=O) groups is 2. The van der Waals surface area contributed by atoms with Crippen LogP contribution in [0.15, 0.2) is 12.2 Å². The summed E-state index contributed by atoms with van der Waals surface area (Å²) in [6.45, 7) is 1.64. The first-order chi connectivity index (χ1) is 7.59. The number of carboxylic acids is 1. The van der Waals surface area contributed by atoms with Crippen LogP contribution in [-0.2, 0) is 9.59 Å². The second-order valence-electron chi connectivity index (χ2n) is 4.05. The van der Waals surface area contributed by atoms with E-state index < -0.39 is 5.97 Å².